The molecule has 5 heterocycles. The summed E-state index contributed by atoms with van der Waals surface area (Å²) in [7, 11) is 4.09. The van der Waals surface area contributed by atoms with Crippen molar-refractivity contribution < 1.29 is 0 Å². The first-order chi connectivity index (χ1) is 15.0. The fourth-order valence-electron chi connectivity index (χ4n) is 5.25. The zero-order valence-corrected chi connectivity index (χ0v) is 18.9. The number of benzene rings is 1. The molecule has 2 aliphatic heterocycles. The van der Waals surface area contributed by atoms with Crippen molar-refractivity contribution in [3.05, 3.63) is 59.4 Å². The molecule has 0 radical (unpaired) electrons. The molecule has 31 heavy (non-hydrogen) atoms. The number of likely N-dealkylation sites (tertiary alicyclic amines) is 1. The summed E-state index contributed by atoms with van der Waals surface area (Å²) in [6, 6.07) is 13.2. The number of anilines is 1. The van der Waals surface area contributed by atoms with Crippen LogP contribution >= 0.6 is 11.3 Å². The second-order valence-electron chi connectivity index (χ2n) is 9.26. The van der Waals surface area contributed by atoms with Crippen LogP contribution in [0.3, 0.4) is 0 Å². The van der Waals surface area contributed by atoms with E-state index in [0.29, 0.717) is 6.04 Å². The summed E-state index contributed by atoms with van der Waals surface area (Å²) < 4.78 is 2.26. The summed E-state index contributed by atoms with van der Waals surface area (Å²) in [5.41, 5.74) is 4.77. The third-order valence-electron chi connectivity index (χ3n) is 6.62. The highest BCUT2D eigenvalue weighted by molar-refractivity contribution is 7.15. The molecule has 1 atom stereocenters. The minimum Gasteiger partial charge on any atom is -0.354 e. The van der Waals surface area contributed by atoms with Crippen molar-refractivity contribution in [1.82, 2.24) is 24.6 Å². The predicted molar refractivity (Wildman–Crippen MR) is 126 cm³/mol. The van der Waals surface area contributed by atoms with Crippen LogP contribution in [0, 0.1) is 0 Å². The molecule has 0 saturated carbocycles. The summed E-state index contributed by atoms with van der Waals surface area (Å²) in [6.45, 7) is 5.46. The fourth-order valence-corrected chi connectivity index (χ4v) is 6.12. The Hall–Kier alpha value is -2.77. The number of aromatic nitrogens is 4. The average molecular weight is 431 g/mol. The molecule has 1 spiro atoms. The van der Waals surface area contributed by atoms with Crippen LogP contribution in [0.1, 0.15) is 30.0 Å². The molecule has 2 aliphatic rings. The molecule has 4 aromatic rings. The molecule has 0 amide bonds. The highest BCUT2D eigenvalue weighted by atomic mass is 32.1. The van der Waals surface area contributed by atoms with Gasteiger partial charge in [-0.15, -0.1) is 11.3 Å². The second-order valence-corrected chi connectivity index (χ2v) is 10.4. The lowest BCUT2D eigenvalue weighted by Crippen LogP contribution is -2.57. The smallest absolute Gasteiger partial charge is 0.185 e. The Kier molecular flexibility index (Phi) is 4.20. The molecule has 3 aromatic heterocycles. The second kappa shape index (κ2) is 6.87. The van der Waals surface area contributed by atoms with E-state index in [0.717, 1.165) is 46.9 Å². The molecule has 0 N–H and O–H groups in total. The zero-order valence-electron chi connectivity index (χ0n) is 18.1. The monoisotopic (exact) mass is 430 g/mol. The van der Waals surface area contributed by atoms with Gasteiger partial charge in [0.25, 0.3) is 0 Å². The van der Waals surface area contributed by atoms with Crippen molar-refractivity contribution in [1.29, 1.82) is 0 Å². The van der Waals surface area contributed by atoms with Gasteiger partial charge in [-0.2, -0.15) is 5.10 Å². The van der Waals surface area contributed by atoms with Crippen LogP contribution in [-0.4, -0.2) is 51.8 Å². The molecular weight excluding hydrogens is 404 g/mol. The minimum absolute atomic E-state index is 0.226. The predicted octanol–water partition coefficient (Wildman–Crippen LogP) is 4.34. The van der Waals surface area contributed by atoms with E-state index in [2.05, 4.69) is 61.7 Å². The fraction of sp³-hybridized carbons (Fsp3) is 0.375. The van der Waals surface area contributed by atoms with Gasteiger partial charge in [-0.1, -0.05) is 18.2 Å². The topological polar surface area (TPSA) is 50.1 Å². The lowest BCUT2D eigenvalue weighted by Gasteiger charge is -2.47. The van der Waals surface area contributed by atoms with E-state index >= 15 is 0 Å². The Bertz CT molecular complexity index is 1270. The molecule has 1 unspecified atom stereocenters. The minimum atomic E-state index is 0.226. The first-order valence-corrected chi connectivity index (χ1v) is 11.6. The van der Waals surface area contributed by atoms with Gasteiger partial charge in [0.15, 0.2) is 5.13 Å². The Morgan fingerprint density at radius 2 is 1.97 bits per heavy atom. The molecule has 1 fully saturated rings. The van der Waals surface area contributed by atoms with Gasteiger partial charge in [0, 0.05) is 73.1 Å². The van der Waals surface area contributed by atoms with E-state index in [-0.39, 0.29) is 5.41 Å². The molecular formula is C24H26N6S. The lowest BCUT2D eigenvalue weighted by atomic mass is 9.74. The SMILES string of the molecule is CC1CC2(CN(Cc3cnc(N(C)C)s3)C2)c2cc(-c3cnc4ccccc4c3)nn21. The number of nitrogens with zero attached hydrogens (tertiary/aromatic N) is 6. The number of pyridine rings is 1. The number of fused-ring (bicyclic) bond motifs is 3. The Morgan fingerprint density at radius 3 is 2.77 bits per heavy atom. The third-order valence-corrected chi connectivity index (χ3v) is 7.77. The van der Waals surface area contributed by atoms with Crippen LogP contribution in [0.2, 0.25) is 0 Å². The lowest BCUT2D eigenvalue weighted by molar-refractivity contribution is 0.0564. The largest absolute Gasteiger partial charge is 0.354 e. The number of rotatable bonds is 4. The molecule has 158 valence electrons. The van der Waals surface area contributed by atoms with Crippen molar-refractivity contribution in [3.63, 3.8) is 0 Å². The number of para-hydroxylation sites is 1. The van der Waals surface area contributed by atoms with Crippen LogP contribution in [0.25, 0.3) is 22.2 Å². The summed E-state index contributed by atoms with van der Waals surface area (Å²) in [5.74, 6) is 0. The Balaban J connectivity index is 1.24. The van der Waals surface area contributed by atoms with Crippen LogP contribution in [0.15, 0.2) is 48.8 Å². The summed E-state index contributed by atoms with van der Waals surface area (Å²) in [4.78, 5) is 15.1. The van der Waals surface area contributed by atoms with Crippen molar-refractivity contribution in [2.75, 3.05) is 32.1 Å². The van der Waals surface area contributed by atoms with Crippen LogP contribution in [-0.2, 0) is 12.0 Å². The first kappa shape index (κ1) is 19.0. The molecule has 0 bridgehead atoms. The van der Waals surface area contributed by atoms with Crippen LogP contribution in [0.5, 0.6) is 0 Å². The van der Waals surface area contributed by atoms with Gasteiger partial charge in [0.05, 0.1) is 17.3 Å². The van der Waals surface area contributed by atoms with E-state index in [1.807, 2.05) is 32.6 Å². The van der Waals surface area contributed by atoms with Crippen LogP contribution in [0.4, 0.5) is 5.13 Å². The molecule has 7 heteroatoms. The number of thiazole rings is 1. The summed E-state index contributed by atoms with van der Waals surface area (Å²) in [5, 5.41) is 7.24. The van der Waals surface area contributed by atoms with Gasteiger partial charge in [-0.05, 0) is 31.5 Å². The van der Waals surface area contributed by atoms with Crippen molar-refractivity contribution >= 4 is 27.4 Å². The highest BCUT2D eigenvalue weighted by Gasteiger charge is 2.51. The van der Waals surface area contributed by atoms with Gasteiger partial charge >= 0.3 is 0 Å². The van der Waals surface area contributed by atoms with E-state index in [1.165, 1.54) is 17.0 Å². The Labute approximate surface area is 186 Å². The van der Waals surface area contributed by atoms with E-state index < -0.39 is 0 Å². The summed E-state index contributed by atoms with van der Waals surface area (Å²) in [6.07, 6.45) is 5.15. The van der Waals surface area contributed by atoms with Gasteiger partial charge in [0.1, 0.15) is 0 Å². The van der Waals surface area contributed by atoms with E-state index in [4.69, 9.17) is 5.10 Å². The molecule has 0 aliphatic carbocycles. The third kappa shape index (κ3) is 3.06. The zero-order chi connectivity index (χ0) is 21.2. The average Bonchev–Trinajstić information content (AvgIpc) is 3.44. The maximum atomic E-state index is 5.00. The molecule has 1 aromatic carbocycles. The standard InChI is InChI=1S/C24H26N6S/c1-16-10-24(14-29(15-24)13-19-12-26-23(31-19)28(2)3)22-9-21(27-30(16)22)18-8-17-6-4-5-7-20(17)25-11-18/h4-9,11-12,16H,10,13-15H2,1-3H3. The van der Waals surface area contributed by atoms with Gasteiger partial charge in [-0.25, -0.2) is 4.98 Å². The van der Waals surface area contributed by atoms with Gasteiger partial charge in [0.2, 0.25) is 0 Å². The van der Waals surface area contributed by atoms with Crippen molar-refractivity contribution in [3.8, 4) is 11.3 Å². The van der Waals surface area contributed by atoms with Crippen molar-refractivity contribution in [2.45, 2.75) is 31.3 Å². The molecule has 6 rings (SSSR count). The highest BCUT2D eigenvalue weighted by Crippen LogP contribution is 2.48. The Morgan fingerprint density at radius 1 is 1.13 bits per heavy atom. The quantitative estimate of drug-likeness (QED) is 0.482. The van der Waals surface area contributed by atoms with Crippen molar-refractivity contribution in [2.24, 2.45) is 0 Å². The maximum Gasteiger partial charge on any atom is 0.185 e. The first-order valence-electron chi connectivity index (χ1n) is 10.8. The molecule has 1 saturated heterocycles. The van der Waals surface area contributed by atoms with E-state index in [1.54, 1.807) is 11.3 Å². The number of hydrogen-bond donors (Lipinski definition) is 0. The van der Waals surface area contributed by atoms with Crippen LogP contribution < -0.4 is 4.90 Å². The number of hydrogen-bond acceptors (Lipinski definition) is 6. The normalized spacial score (nSPS) is 19.6. The van der Waals surface area contributed by atoms with Gasteiger partial charge in [-0.3, -0.25) is 14.6 Å². The van der Waals surface area contributed by atoms with Gasteiger partial charge < -0.3 is 4.90 Å². The van der Waals surface area contributed by atoms with E-state index in [9.17, 15) is 0 Å². The molecule has 6 nitrogen and oxygen atoms in total. The maximum absolute atomic E-state index is 5.00. The summed E-state index contributed by atoms with van der Waals surface area (Å²) >= 11 is 1.79.